The number of hydrogen-bond acceptors (Lipinski definition) is 3. The standard InChI is InChI=1S/C11H11F2N3O/c12-11(13)17-9-3-1-7(2-4-9)10-8(5-14)6-15-16-10/h1-4,6,11H,5,14H2,(H,15,16). The first-order valence-electron chi connectivity index (χ1n) is 4.98. The minimum absolute atomic E-state index is 0.123. The Labute approximate surface area is 96.4 Å². The summed E-state index contributed by atoms with van der Waals surface area (Å²) in [6.07, 6.45) is 1.64. The van der Waals surface area contributed by atoms with Gasteiger partial charge in [-0.3, -0.25) is 5.10 Å². The van der Waals surface area contributed by atoms with Crippen LogP contribution in [0.25, 0.3) is 11.3 Å². The first-order valence-corrected chi connectivity index (χ1v) is 4.98. The van der Waals surface area contributed by atoms with Crippen LogP contribution < -0.4 is 10.5 Å². The highest BCUT2D eigenvalue weighted by atomic mass is 19.3. The van der Waals surface area contributed by atoms with Gasteiger partial charge in [0.25, 0.3) is 0 Å². The van der Waals surface area contributed by atoms with Gasteiger partial charge in [-0.05, 0) is 24.3 Å². The Morgan fingerprint density at radius 1 is 1.29 bits per heavy atom. The van der Waals surface area contributed by atoms with Crippen molar-refractivity contribution in [1.82, 2.24) is 10.2 Å². The van der Waals surface area contributed by atoms with Crippen LogP contribution in [0.3, 0.4) is 0 Å². The highest BCUT2D eigenvalue weighted by Gasteiger charge is 2.08. The van der Waals surface area contributed by atoms with Gasteiger partial charge in [0.1, 0.15) is 5.75 Å². The fourth-order valence-electron chi connectivity index (χ4n) is 1.52. The van der Waals surface area contributed by atoms with Crippen molar-refractivity contribution in [3.63, 3.8) is 0 Å². The molecule has 0 saturated carbocycles. The number of nitrogens with two attached hydrogens (primary N) is 1. The zero-order valence-electron chi connectivity index (χ0n) is 8.86. The molecule has 2 rings (SSSR count). The van der Waals surface area contributed by atoms with Gasteiger partial charge < -0.3 is 10.5 Å². The Morgan fingerprint density at radius 3 is 2.59 bits per heavy atom. The van der Waals surface area contributed by atoms with Crippen molar-refractivity contribution in [2.75, 3.05) is 0 Å². The molecule has 17 heavy (non-hydrogen) atoms. The molecule has 0 aliphatic carbocycles. The van der Waals surface area contributed by atoms with Crippen molar-refractivity contribution in [3.8, 4) is 17.0 Å². The number of ether oxygens (including phenoxy) is 1. The molecule has 0 fully saturated rings. The van der Waals surface area contributed by atoms with Crippen LogP contribution in [0.1, 0.15) is 5.56 Å². The van der Waals surface area contributed by atoms with Crippen molar-refractivity contribution in [1.29, 1.82) is 0 Å². The minimum atomic E-state index is -2.81. The van der Waals surface area contributed by atoms with E-state index in [9.17, 15) is 8.78 Å². The molecule has 2 aromatic rings. The van der Waals surface area contributed by atoms with E-state index >= 15 is 0 Å². The van der Waals surface area contributed by atoms with Crippen molar-refractivity contribution >= 4 is 0 Å². The molecule has 0 unspecified atom stereocenters. The largest absolute Gasteiger partial charge is 0.435 e. The number of nitrogens with zero attached hydrogens (tertiary/aromatic N) is 1. The summed E-state index contributed by atoms with van der Waals surface area (Å²) in [5.41, 5.74) is 8.02. The quantitative estimate of drug-likeness (QED) is 0.859. The van der Waals surface area contributed by atoms with E-state index in [0.29, 0.717) is 6.54 Å². The zero-order valence-corrected chi connectivity index (χ0v) is 8.86. The summed E-state index contributed by atoms with van der Waals surface area (Å²) in [6, 6.07) is 6.29. The van der Waals surface area contributed by atoms with Crippen LogP contribution in [0.2, 0.25) is 0 Å². The Kier molecular flexibility index (Phi) is 3.34. The number of halogens is 2. The number of aromatic nitrogens is 2. The van der Waals surface area contributed by atoms with Crippen LogP contribution in [0.5, 0.6) is 5.75 Å². The third kappa shape index (κ3) is 2.59. The van der Waals surface area contributed by atoms with Gasteiger partial charge in [-0.2, -0.15) is 13.9 Å². The average molecular weight is 239 g/mol. The number of hydrogen-bond donors (Lipinski definition) is 2. The molecule has 1 aromatic heterocycles. The first kappa shape index (κ1) is 11.5. The maximum absolute atomic E-state index is 12.0. The van der Waals surface area contributed by atoms with Crippen molar-refractivity contribution in [2.45, 2.75) is 13.2 Å². The fourth-order valence-corrected chi connectivity index (χ4v) is 1.52. The summed E-state index contributed by atoms with van der Waals surface area (Å²) in [4.78, 5) is 0. The van der Waals surface area contributed by atoms with Gasteiger partial charge >= 0.3 is 6.61 Å². The first-order chi connectivity index (χ1) is 8.20. The van der Waals surface area contributed by atoms with Crippen molar-refractivity contribution < 1.29 is 13.5 Å². The van der Waals surface area contributed by atoms with E-state index in [2.05, 4.69) is 14.9 Å². The molecule has 90 valence electrons. The number of rotatable bonds is 4. The number of alkyl halides is 2. The Balaban J connectivity index is 2.23. The molecule has 3 N–H and O–H groups in total. The molecule has 0 bridgehead atoms. The highest BCUT2D eigenvalue weighted by molar-refractivity contribution is 5.63. The lowest BCUT2D eigenvalue weighted by molar-refractivity contribution is -0.0498. The van der Waals surface area contributed by atoms with Gasteiger partial charge in [0.05, 0.1) is 11.9 Å². The predicted octanol–water partition coefficient (Wildman–Crippen LogP) is 2.14. The summed E-state index contributed by atoms with van der Waals surface area (Å²) in [6.45, 7) is -2.45. The third-order valence-electron chi connectivity index (χ3n) is 2.31. The van der Waals surface area contributed by atoms with E-state index in [0.717, 1.165) is 16.8 Å². The van der Waals surface area contributed by atoms with Crippen LogP contribution in [0, 0.1) is 0 Å². The summed E-state index contributed by atoms with van der Waals surface area (Å²) in [5, 5.41) is 6.70. The van der Waals surface area contributed by atoms with Gasteiger partial charge in [0.2, 0.25) is 0 Å². The summed E-state index contributed by atoms with van der Waals surface area (Å²) >= 11 is 0. The van der Waals surface area contributed by atoms with E-state index in [-0.39, 0.29) is 5.75 Å². The molecular formula is C11H11F2N3O. The topological polar surface area (TPSA) is 63.9 Å². The molecule has 0 atom stereocenters. The molecular weight excluding hydrogens is 228 g/mol. The maximum atomic E-state index is 12.0. The van der Waals surface area contributed by atoms with E-state index < -0.39 is 6.61 Å². The maximum Gasteiger partial charge on any atom is 0.387 e. The number of nitrogens with one attached hydrogen (secondary N) is 1. The number of H-pyrrole nitrogens is 1. The van der Waals surface area contributed by atoms with E-state index in [1.54, 1.807) is 18.3 Å². The lowest BCUT2D eigenvalue weighted by Crippen LogP contribution is -2.01. The fraction of sp³-hybridized carbons (Fsp3) is 0.182. The second kappa shape index (κ2) is 4.92. The number of aromatic amines is 1. The van der Waals surface area contributed by atoms with Crippen LogP contribution >= 0.6 is 0 Å². The van der Waals surface area contributed by atoms with E-state index in [4.69, 9.17) is 5.73 Å². The van der Waals surface area contributed by atoms with Gasteiger partial charge in [0, 0.05) is 17.7 Å². The SMILES string of the molecule is NCc1cn[nH]c1-c1ccc(OC(F)F)cc1. The molecule has 0 spiro atoms. The molecule has 0 aliphatic heterocycles. The van der Waals surface area contributed by atoms with Gasteiger partial charge in [-0.15, -0.1) is 0 Å². The molecule has 0 amide bonds. The molecule has 1 heterocycles. The van der Waals surface area contributed by atoms with Crippen LogP contribution in [-0.2, 0) is 6.54 Å². The van der Waals surface area contributed by atoms with Gasteiger partial charge in [-0.25, -0.2) is 0 Å². The van der Waals surface area contributed by atoms with E-state index in [1.807, 2.05) is 0 Å². The molecule has 4 nitrogen and oxygen atoms in total. The third-order valence-corrected chi connectivity index (χ3v) is 2.31. The smallest absolute Gasteiger partial charge is 0.387 e. The van der Waals surface area contributed by atoms with Crippen LogP contribution in [-0.4, -0.2) is 16.8 Å². The Bertz CT molecular complexity index is 482. The van der Waals surface area contributed by atoms with Crippen molar-refractivity contribution in [2.24, 2.45) is 5.73 Å². The van der Waals surface area contributed by atoms with Crippen molar-refractivity contribution in [3.05, 3.63) is 36.0 Å². The molecule has 6 heteroatoms. The lowest BCUT2D eigenvalue weighted by atomic mass is 10.1. The second-order valence-electron chi connectivity index (χ2n) is 3.38. The summed E-state index contributed by atoms with van der Waals surface area (Å²) in [5.74, 6) is 0.123. The second-order valence-corrected chi connectivity index (χ2v) is 3.38. The Hall–Kier alpha value is -1.95. The molecule has 1 aromatic carbocycles. The zero-order chi connectivity index (χ0) is 12.3. The van der Waals surface area contributed by atoms with Crippen LogP contribution in [0.4, 0.5) is 8.78 Å². The van der Waals surface area contributed by atoms with E-state index in [1.165, 1.54) is 12.1 Å². The van der Waals surface area contributed by atoms with Gasteiger partial charge in [-0.1, -0.05) is 0 Å². The lowest BCUT2D eigenvalue weighted by Gasteiger charge is -2.05. The highest BCUT2D eigenvalue weighted by Crippen LogP contribution is 2.24. The number of benzene rings is 1. The minimum Gasteiger partial charge on any atom is -0.435 e. The normalized spacial score (nSPS) is 10.8. The molecule has 0 radical (unpaired) electrons. The molecule has 0 aliphatic rings. The summed E-state index contributed by atoms with van der Waals surface area (Å²) < 4.78 is 28.2. The predicted molar refractivity (Wildman–Crippen MR) is 58.5 cm³/mol. The van der Waals surface area contributed by atoms with Gasteiger partial charge in [0.15, 0.2) is 0 Å². The Morgan fingerprint density at radius 2 is 2.00 bits per heavy atom. The summed E-state index contributed by atoms with van der Waals surface area (Å²) in [7, 11) is 0. The average Bonchev–Trinajstić information content (AvgIpc) is 2.77. The molecule has 0 saturated heterocycles. The van der Waals surface area contributed by atoms with Crippen LogP contribution in [0.15, 0.2) is 30.5 Å². The monoisotopic (exact) mass is 239 g/mol.